The normalized spacial score (nSPS) is 11.7. The number of nitrogens with one attached hydrogen (secondary N) is 1. The second-order valence-corrected chi connectivity index (χ2v) is 6.14. The van der Waals surface area contributed by atoms with Gasteiger partial charge in [0.2, 0.25) is 0 Å². The molecular formula is C21H17ClFNO2. The molecule has 0 saturated carbocycles. The van der Waals surface area contributed by atoms with Gasteiger partial charge in [-0.15, -0.1) is 0 Å². The largest absolute Gasteiger partial charge is 0.479 e. The van der Waals surface area contributed by atoms with E-state index in [1.807, 2.05) is 54.6 Å². The number of ether oxygens (including phenoxy) is 1. The van der Waals surface area contributed by atoms with E-state index in [4.69, 9.17) is 16.3 Å². The molecule has 0 radical (unpaired) electrons. The lowest BCUT2D eigenvalue weighted by Crippen LogP contribution is -2.30. The van der Waals surface area contributed by atoms with Crippen molar-refractivity contribution in [2.24, 2.45) is 0 Å². The Kier molecular flexibility index (Phi) is 5.54. The van der Waals surface area contributed by atoms with E-state index in [1.54, 1.807) is 6.92 Å². The number of carbonyl (C=O) groups is 1. The SMILES string of the molecule is CC(Oc1ccc(F)cc1Cl)C(=O)Nc1ccccc1-c1ccccc1. The van der Waals surface area contributed by atoms with E-state index in [-0.39, 0.29) is 16.7 Å². The van der Waals surface area contributed by atoms with Crippen LogP contribution in [0.25, 0.3) is 11.1 Å². The summed E-state index contributed by atoms with van der Waals surface area (Å²) in [6.07, 6.45) is -0.804. The van der Waals surface area contributed by atoms with Crippen LogP contribution in [0.1, 0.15) is 6.92 Å². The monoisotopic (exact) mass is 369 g/mol. The molecule has 0 saturated heterocycles. The zero-order valence-corrected chi connectivity index (χ0v) is 14.8. The quantitative estimate of drug-likeness (QED) is 0.640. The maximum absolute atomic E-state index is 13.1. The molecule has 0 bridgehead atoms. The summed E-state index contributed by atoms with van der Waals surface area (Å²) in [5.41, 5.74) is 2.59. The van der Waals surface area contributed by atoms with E-state index in [9.17, 15) is 9.18 Å². The first kappa shape index (κ1) is 18.0. The highest BCUT2D eigenvalue weighted by Crippen LogP contribution is 2.29. The van der Waals surface area contributed by atoms with E-state index in [1.165, 1.54) is 12.1 Å². The fraction of sp³-hybridized carbons (Fsp3) is 0.0952. The van der Waals surface area contributed by atoms with Crippen molar-refractivity contribution in [2.45, 2.75) is 13.0 Å². The number of hydrogen-bond donors (Lipinski definition) is 1. The fourth-order valence-electron chi connectivity index (χ4n) is 2.51. The van der Waals surface area contributed by atoms with Gasteiger partial charge in [0.05, 0.1) is 5.02 Å². The summed E-state index contributed by atoms with van der Waals surface area (Å²) in [7, 11) is 0. The molecule has 3 nitrogen and oxygen atoms in total. The third-order valence-electron chi connectivity index (χ3n) is 3.84. The Bertz CT molecular complexity index is 915. The molecule has 0 heterocycles. The van der Waals surface area contributed by atoms with Crippen molar-refractivity contribution < 1.29 is 13.9 Å². The summed E-state index contributed by atoms with van der Waals surface area (Å²) in [6.45, 7) is 1.61. The molecule has 132 valence electrons. The first-order valence-corrected chi connectivity index (χ1v) is 8.49. The third kappa shape index (κ3) is 4.21. The minimum absolute atomic E-state index is 0.120. The molecule has 0 spiro atoms. The second-order valence-electron chi connectivity index (χ2n) is 5.74. The molecule has 26 heavy (non-hydrogen) atoms. The molecule has 3 aromatic rings. The van der Waals surface area contributed by atoms with Crippen molar-refractivity contribution in [3.05, 3.63) is 83.6 Å². The number of halogens is 2. The topological polar surface area (TPSA) is 38.3 Å². The van der Waals surface area contributed by atoms with Crippen LogP contribution in [0.15, 0.2) is 72.8 Å². The van der Waals surface area contributed by atoms with Gasteiger partial charge in [-0.3, -0.25) is 4.79 Å². The number of carbonyl (C=O) groups excluding carboxylic acids is 1. The lowest BCUT2D eigenvalue weighted by Gasteiger charge is -2.17. The van der Waals surface area contributed by atoms with E-state index in [0.29, 0.717) is 5.69 Å². The van der Waals surface area contributed by atoms with Crippen molar-refractivity contribution in [1.29, 1.82) is 0 Å². The van der Waals surface area contributed by atoms with Gasteiger partial charge in [-0.1, -0.05) is 60.1 Å². The fourth-order valence-corrected chi connectivity index (χ4v) is 2.72. The highest BCUT2D eigenvalue weighted by Gasteiger charge is 2.18. The molecule has 0 aliphatic rings. The van der Waals surface area contributed by atoms with Gasteiger partial charge >= 0.3 is 0 Å². The van der Waals surface area contributed by atoms with Crippen LogP contribution in [0, 0.1) is 5.82 Å². The van der Waals surface area contributed by atoms with Crippen LogP contribution >= 0.6 is 11.6 Å². The van der Waals surface area contributed by atoms with Gasteiger partial charge in [0.1, 0.15) is 11.6 Å². The average Bonchev–Trinajstić information content (AvgIpc) is 2.65. The predicted octanol–water partition coefficient (Wildman–Crippen LogP) is 5.55. The number of anilines is 1. The summed E-state index contributed by atoms with van der Waals surface area (Å²) in [6, 6.07) is 21.1. The summed E-state index contributed by atoms with van der Waals surface area (Å²) in [4.78, 5) is 12.5. The Morgan fingerprint density at radius 2 is 1.73 bits per heavy atom. The van der Waals surface area contributed by atoms with Gasteiger partial charge in [-0.2, -0.15) is 0 Å². The van der Waals surface area contributed by atoms with Gasteiger partial charge in [0.15, 0.2) is 6.10 Å². The van der Waals surface area contributed by atoms with Crippen LogP contribution in [0.5, 0.6) is 5.75 Å². The molecule has 5 heteroatoms. The Morgan fingerprint density at radius 1 is 1.04 bits per heavy atom. The van der Waals surface area contributed by atoms with Crippen molar-refractivity contribution in [1.82, 2.24) is 0 Å². The average molecular weight is 370 g/mol. The molecular weight excluding hydrogens is 353 g/mol. The van der Waals surface area contributed by atoms with Gasteiger partial charge < -0.3 is 10.1 Å². The Morgan fingerprint density at radius 3 is 2.46 bits per heavy atom. The zero-order chi connectivity index (χ0) is 18.5. The minimum atomic E-state index is -0.804. The predicted molar refractivity (Wildman–Crippen MR) is 102 cm³/mol. The Labute approximate surface area is 156 Å². The summed E-state index contributed by atoms with van der Waals surface area (Å²) in [5.74, 6) is -0.530. The van der Waals surface area contributed by atoms with E-state index in [2.05, 4.69) is 5.32 Å². The number of para-hydroxylation sites is 1. The van der Waals surface area contributed by atoms with Crippen LogP contribution in [0.4, 0.5) is 10.1 Å². The molecule has 3 aromatic carbocycles. The molecule has 3 rings (SSSR count). The van der Waals surface area contributed by atoms with Crippen molar-refractivity contribution in [2.75, 3.05) is 5.32 Å². The lowest BCUT2D eigenvalue weighted by molar-refractivity contribution is -0.122. The van der Waals surface area contributed by atoms with Crippen LogP contribution in [-0.4, -0.2) is 12.0 Å². The first-order valence-electron chi connectivity index (χ1n) is 8.11. The van der Waals surface area contributed by atoms with Gasteiger partial charge in [0.25, 0.3) is 5.91 Å². The van der Waals surface area contributed by atoms with E-state index in [0.717, 1.165) is 17.2 Å². The van der Waals surface area contributed by atoms with Gasteiger partial charge in [0, 0.05) is 11.3 Å². The molecule has 0 fully saturated rings. The molecule has 0 aliphatic carbocycles. The smallest absolute Gasteiger partial charge is 0.265 e. The Hall–Kier alpha value is -2.85. The molecule has 0 aromatic heterocycles. The van der Waals surface area contributed by atoms with Gasteiger partial charge in [-0.25, -0.2) is 4.39 Å². The number of amides is 1. The van der Waals surface area contributed by atoms with Crippen molar-refractivity contribution in [3.8, 4) is 16.9 Å². The van der Waals surface area contributed by atoms with Crippen LogP contribution in [-0.2, 0) is 4.79 Å². The molecule has 1 unspecified atom stereocenters. The zero-order valence-electron chi connectivity index (χ0n) is 14.1. The first-order chi connectivity index (χ1) is 12.5. The molecule has 1 amide bonds. The van der Waals surface area contributed by atoms with Gasteiger partial charge in [-0.05, 0) is 36.8 Å². The van der Waals surface area contributed by atoms with Crippen LogP contribution in [0.2, 0.25) is 5.02 Å². The van der Waals surface area contributed by atoms with Crippen LogP contribution in [0.3, 0.4) is 0 Å². The van der Waals surface area contributed by atoms with Crippen molar-refractivity contribution >= 4 is 23.2 Å². The minimum Gasteiger partial charge on any atom is -0.479 e. The maximum atomic E-state index is 13.1. The van der Waals surface area contributed by atoms with Crippen molar-refractivity contribution in [3.63, 3.8) is 0 Å². The number of hydrogen-bond acceptors (Lipinski definition) is 2. The van der Waals surface area contributed by atoms with E-state index >= 15 is 0 Å². The highest BCUT2D eigenvalue weighted by molar-refractivity contribution is 6.32. The highest BCUT2D eigenvalue weighted by atomic mass is 35.5. The molecule has 0 aliphatic heterocycles. The maximum Gasteiger partial charge on any atom is 0.265 e. The summed E-state index contributed by atoms with van der Waals surface area (Å²) < 4.78 is 18.7. The summed E-state index contributed by atoms with van der Waals surface area (Å²) in [5, 5.41) is 3.00. The number of rotatable bonds is 5. The Balaban J connectivity index is 1.76. The third-order valence-corrected chi connectivity index (χ3v) is 4.13. The lowest BCUT2D eigenvalue weighted by atomic mass is 10.0. The number of benzene rings is 3. The standard InChI is InChI=1S/C21H17ClFNO2/c1-14(26-20-12-11-16(23)13-18(20)22)21(25)24-19-10-6-5-9-17(19)15-7-3-2-4-8-15/h2-14H,1H3,(H,24,25). The van der Waals surface area contributed by atoms with Crippen LogP contribution < -0.4 is 10.1 Å². The molecule has 1 N–H and O–H groups in total. The molecule has 1 atom stereocenters. The second kappa shape index (κ2) is 8.02. The summed E-state index contributed by atoms with van der Waals surface area (Å²) >= 11 is 5.95. The van der Waals surface area contributed by atoms with E-state index < -0.39 is 11.9 Å².